The Hall–Kier alpha value is -4.18. The summed E-state index contributed by atoms with van der Waals surface area (Å²) in [6, 6.07) is 9.25. The Labute approximate surface area is 283 Å². The second-order valence-electron chi connectivity index (χ2n) is 13.5. The molecule has 2 N–H and O–H groups in total. The van der Waals surface area contributed by atoms with Gasteiger partial charge in [0.25, 0.3) is 5.91 Å². The molecule has 3 aromatic heterocycles. The summed E-state index contributed by atoms with van der Waals surface area (Å²) in [6.07, 6.45) is -4.38. The van der Waals surface area contributed by atoms with Gasteiger partial charge in [-0.15, -0.1) is 11.3 Å². The Morgan fingerprint density at radius 3 is 2.61 bits per heavy atom. The number of rotatable bonds is 10. The Bertz CT molecular complexity index is 1830. The van der Waals surface area contributed by atoms with E-state index in [2.05, 4.69) is 20.8 Å². The van der Waals surface area contributed by atoms with Gasteiger partial charge in [-0.2, -0.15) is 18.2 Å². The number of carbonyl (C=O) groups is 2. The molecule has 1 aromatic carbocycles. The molecule has 1 saturated carbocycles. The van der Waals surface area contributed by atoms with Crippen molar-refractivity contribution < 1.29 is 41.1 Å². The van der Waals surface area contributed by atoms with E-state index in [1.807, 2.05) is 6.07 Å². The number of anilines is 1. The Morgan fingerprint density at radius 1 is 1.16 bits per heavy atom. The third-order valence-electron chi connectivity index (χ3n) is 8.54. The van der Waals surface area contributed by atoms with Crippen molar-refractivity contribution in [3.05, 3.63) is 52.0 Å². The zero-order chi connectivity index (χ0) is 35.1. The van der Waals surface area contributed by atoms with Crippen molar-refractivity contribution in [2.75, 3.05) is 32.1 Å². The molecule has 2 amide bonds. The standard InChI is InChI=1S/C33H38F4N6O5S/c1-31(2,3)47-30(45)42-13-10-22(20(34)16-42)39-21-6-5-7-23-19(21)14-24(43(23)17-33(35,36)37)28-40-27(48-41-28)15-38-29(44)25-8-9-26(49-25)32(11-12-32)18-46-4/h5-9,14,20,22,39H,10-13,15-18H2,1-4H3,(H,38,44)/t20-,22+/m0/s1. The average molecular weight is 707 g/mol. The number of hydrogen-bond donors (Lipinski definition) is 2. The number of nitrogens with one attached hydrogen (secondary N) is 2. The lowest BCUT2D eigenvalue weighted by atomic mass is 10.0. The van der Waals surface area contributed by atoms with Crippen molar-refractivity contribution in [2.24, 2.45) is 0 Å². The van der Waals surface area contributed by atoms with Crippen LogP contribution in [-0.2, 0) is 28.0 Å². The zero-order valence-corrected chi connectivity index (χ0v) is 28.3. The smallest absolute Gasteiger partial charge is 0.410 e. The molecular formula is C33H38F4N6O5S. The lowest BCUT2D eigenvalue weighted by Gasteiger charge is -2.36. The van der Waals surface area contributed by atoms with Gasteiger partial charge in [-0.25, -0.2) is 9.18 Å². The highest BCUT2D eigenvalue weighted by Gasteiger charge is 2.45. The van der Waals surface area contributed by atoms with E-state index < -0.39 is 36.6 Å². The van der Waals surface area contributed by atoms with Gasteiger partial charge in [0.05, 0.1) is 41.8 Å². The highest BCUT2D eigenvalue weighted by Crippen LogP contribution is 2.50. The number of methoxy groups -OCH3 is 1. The fraction of sp³-hybridized carbons (Fsp3) is 0.515. The molecule has 2 aliphatic rings. The molecule has 2 fully saturated rings. The maximum absolute atomic E-state index is 15.3. The molecular weight excluding hydrogens is 668 g/mol. The highest BCUT2D eigenvalue weighted by atomic mass is 32.1. The van der Waals surface area contributed by atoms with Gasteiger partial charge in [-0.1, -0.05) is 11.2 Å². The molecule has 264 valence electrons. The first-order valence-electron chi connectivity index (χ1n) is 15.9. The third-order valence-corrected chi connectivity index (χ3v) is 9.87. The van der Waals surface area contributed by atoms with E-state index in [0.29, 0.717) is 22.6 Å². The lowest BCUT2D eigenvalue weighted by molar-refractivity contribution is -0.139. The quantitative estimate of drug-likeness (QED) is 0.175. The summed E-state index contributed by atoms with van der Waals surface area (Å²) >= 11 is 1.39. The molecule has 11 nitrogen and oxygen atoms in total. The number of ether oxygens (including phenoxy) is 2. The van der Waals surface area contributed by atoms with E-state index in [9.17, 15) is 22.8 Å². The summed E-state index contributed by atoms with van der Waals surface area (Å²) in [5, 5.41) is 10.2. The van der Waals surface area contributed by atoms with E-state index in [-0.39, 0.29) is 60.3 Å². The Balaban J connectivity index is 1.18. The molecule has 2 atom stereocenters. The van der Waals surface area contributed by atoms with E-state index in [1.54, 1.807) is 46.1 Å². The molecule has 6 rings (SSSR count). The van der Waals surface area contributed by atoms with E-state index in [1.165, 1.54) is 28.4 Å². The van der Waals surface area contributed by atoms with Crippen molar-refractivity contribution in [3.8, 4) is 11.5 Å². The molecule has 49 heavy (non-hydrogen) atoms. The maximum atomic E-state index is 15.3. The number of likely N-dealkylation sites (tertiary alicyclic amines) is 1. The first kappa shape index (κ1) is 34.7. The third kappa shape index (κ3) is 7.85. The average Bonchev–Trinajstić information content (AvgIpc) is 3.36. The van der Waals surface area contributed by atoms with Crippen molar-refractivity contribution in [1.29, 1.82) is 0 Å². The number of fused-ring (bicyclic) bond motifs is 1. The maximum Gasteiger partial charge on any atom is 0.410 e. The summed E-state index contributed by atoms with van der Waals surface area (Å²) in [4.78, 5) is 32.5. The van der Waals surface area contributed by atoms with Gasteiger partial charge in [0.2, 0.25) is 11.7 Å². The normalized spacial score (nSPS) is 19.2. The first-order chi connectivity index (χ1) is 23.1. The van der Waals surface area contributed by atoms with Crippen molar-refractivity contribution in [2.45, 2.75) is 82.5 Å². The van der Waals surface area contributed by atoms with Crippen molar-refractivity contribution in [1.82, 2.24) is 24.9 Å². The largest absolute Gasteiger partial charge is 0.444 e. The second kappa shape index (κ2) is 13.3. The number of alkyl halides is 4. The van der Waals surface area contributed by atoms with Gasteiger partial charge in [0, 0.05) is 35.0 Å². The summed E-state index contributed by atoms with van der Waals surface area (Å²) in [6.45, 7) is 4.37. The first-order valence-corrected chi connectivity index (χ1v) is 16.7. The van der Waals surface area contributed by atoms with Gasteiger partial charge in [-0.3, -0.25) is 4.79 Å². The minimum Gasteiger partial charge on any atom is -0.444 e. The molecule has 4 aromatic rings. The second-order valence-corrected chi connectivity index (χ2v) is 14.6. The molecule has 16 heteroatoms. The number of piperidine rings is 1. The number of benzene rings is 1. The summed E-state index contributed by atoms with van der Waals surface area (Å²) in [5.74, 6) is -0.426. The van der Waals surface area contributed by atoms with Crippen LogP contribution in [0.4, 0.5) is 28.0 Å². The van der Waals surface area contributed by atoms with Gasteiger partial charge >= 0.3 is 12.3 Å². The molecule has 0 spiro atoms. The van der Waals surface area contributed by atoms with Crippen LogP contribution in [0.1, 0.15) is 60.5 Å². The van der Waals surface area contributed by atoms with Crippen molar-refractivity contribution in [3.63, 3.8) is 0 Å². The van der Waals surface area contributed by atoms with Crippen LogP contribution in [0.15, 0.2) is 40.9 Å². The van der Waals surface area contributed by atoms with Gasteiger partial charge in [0.1, 0.15) is 18.3 Å². The van der Waals surface area contributed by atoms with Gasteiger partial charge in [-0.05, 0) is 70.4 Å². The minimum absolute atomic E-state index is 0.0114. The SMILES string of the molecule is COCC1(c2ccc(C(=O)NCc3nc(-c4cc5c(N[C@@H]6CCN(C(=O)OC(C)(C)C)C[C@@H]6F)cccc5n4CC(F)(F)F)no3)s2)CC1. The molecule has 0 bridgehead atoms. The predicted molar refractivity (Wildman–Crippen MR) is 174 cm³/mol. The highest BCUT2D eigenvalue weighted by molar-refractivity contribution is 7.14. The van der Waals surface area contributed by atoms with Crippen molar-refractivity contribution >= 4 is 39.9 Å². The van der Waals surface area contributed by atoms with Gasteiger partial charge < -0.3 is 34.1 Å². The zero-order valence-electron chi connectivity index (χ0n) is 27.5. The Morgan fingerprint density at radius 2 is 1.94 bits per heavy atom. The fourth-order valence-corrected chi connectivity index (χ4v) is 7.17. The number of hydrogen-bond acceptors (Lipinski definition) is 9. The number of halogens is 4. The van der Waals surface area contributed by atoms with Crippen LogP contribution in [0.2, 0.25) is 0 Å². The van der Waals surface area contributed by atoms with E-state index in [0.717, 1.165) is 22.3 Å². The molecule has 1 saturated heterocycles. The predicted octanol–water partition coefficient (Wildman–Crippen LogP) is 6.68. The van der Waals surface area contributed by atoms with Crippen LogP contribution < -0.4 is 10.6 Å². The topological polar surface area (TPSA) is 124 Å². The summed E-state index contributed by atoms with van der Waals surface area (Å²) in [7, 11) is 1.65. The van der Waals surface area contributed by atoms with E-state index >= 15 is 4.39 Å². The molecule has 0 radical (unpaired) electrons. The van der Waals surface area contributed by atoms with Crippen LogP contribution in [0.5, 0.6) is 0 Å². The van der Waals surface area contributed by atoms with Crippen LogP contribution in [-0.4, -0.2) is 82.4 Å². The number of carbonyl (C=O) groups excluding carboxylic acids is 2. The van der Waals surface area contributed by atoms with Crippen LogP contribution in [0, 0.1) is 0 Å². The Kier molecular flexibility index (Phi) is 9.39. The summed E-state index contributed by atoms with van der Waals surface area (Å²) < 4.78 is 73.9. The van der Waals surface area contributed by atoms with Crippen LogP contribution >= 0.6 is 11.3 Å². The van der Waals surface area contributed by atoms with E-state index in [4.69, 9.17) is 14.0 Å². The number of nitrogens with zero attached hydrogens (tertiary/aromatic N) is 4. The summed E-state index contributed by atoms with van der Waals surface area (Å²) in [5.41, 5.74) is -0.0657. The number of thiophene rings is 1. The lowest BCUT2D eigenvalue weighted by Crippen LogP contribution is -2.51. The molecule has 4 heterocycles. The monoisotopic (exact) mass is 706 g/mol. The molecule has 0 unspecified atom stereocenters. The minimum atomic E-state index is -4.58. The molecule has 1 aliphatic heterocycles. The van der Waals surface area contributed by atoms with Crippen LogP contribution in [0.3, 0.4) is 0 Å². The van der Waals surface area contributed by atoms with Gasteiger partial charge in [0.15, 0.2) is 0 Å². The molecule has 1 aliphatic carbocycles. The fourth-order valence-electron chi connectivity index (χ4n) is 6.01. The number of aromatic nitrogens is 3. The van der Waals surface area contributed by atoms with Crippen LogP contribution in [0.25, 0.3) is 22.4 Å². The number of amides is 2.